The summed E-state index contributed by atoms with van der Waals surface area (Å²) >= 11 is 0. The van der Waals surface area contributed by atoms with Crippen LogP contribution in [0.3, 0.4) is 0 Å². The zero-order valence-electron chi connectivity index (χ0n) is 10.3. The molecule has 0 aliphatic heterocycles. The van der Waals surface area contributed by atoms with E-state index in [9.17, 15) is 4.79 Å². The van der Waals surface area contributed by atoms with Crippen LogP contribution in [-0.2, 0) is 9.53 Å². The first-order valence-electron chi connectivity index (χ1n) is 5.82. The van der Waals surface area contributed by atoms with Gasteiger partial charge in [0.2, 0.25) is 0 Å². The van der Waals surface area contributed by atoms with Crippen LogP contribution in [0.5, 0.6) is 0 Å². The summed E-state index contributed by atoms with van der Waals surface area (Å²) in [5, 5.41) is 0. The number of carbonyl (C=O) groups is 1. The molecule has 0 amide bonds. The first-order valence-corrected chi connectivity index (χ1v) is 5.82. The second-order valence-electron chi connectivity index (χ2n) is 3.47. The summed E-state index contributed by atoms with van der Waals surface area (Å²) in [5.74, 6) is -0.228. The molecule has 16 heavy (non-hydrogen) atoms. The Bertz CT molecular complexity index is 249. The van der Waals surface area contributed by atoms with E-state index >= 15 is 0 Å². The fraction of sp³-hybridized carbons (Fsp3) is 0.500. The number of allylic oxidation sites excluding steroid dienone is 5. The molecule has 0 heterocycles. The Labute approximate surface area is 98.7 Å². The topological polar surface area (TPSA) is 26.3 Å². The number of esters is 1. The molecule has 0 aliphatic rings. The van der Waals surface area contributed by atoms with Gasteiger partial charge in [0.15, 0.2) is 0 Å². The highest BCUT2D eigenvalue weighted by Gasteiger charge is 1.86. The van der Waals surface area contributed by atoms with Gasteiger partial charge < -0.3 is 4.74 Å². The minimum Gasteiger partial charge on any atom is -0.462 e. The average molecular weight is 222 g/mol. The lowest BCUT2D eigenvalue weighted by Crippen LogP contribution is -1.97. The molecule has 0 atom stereocenters. The number of rotatable bonds is 8. The fourth-order valence-electron chi connectivity index (χ4n) is 1.14. The van der Waals surface area contributed by atoms with Crippen molar-refractivity contribution in [2.45, 2.75) is 39.5 Å². The molecule has 0 saturated carbocycles. The lowest BCUT2D eigenvalue weighted by Gasteiger charge is -1.94. The molecule has 2 nitrogen and oxygen atoms in total. The zero-order chi connectivity index (χ0) is 12.1. The fourth-order valence-corrected chi connectivity index (χ4v) is 1.14. The smallest absolute Gasteiger partial charge is 0.302 e. The van der Waals surface area contributed by atoms with E-state index < -0.39 is 0 Å². The Morgan fingerprint density at radius 2 is 1.44 bits per heavy atom. The maximum Gasteiger partial charge on any atom is 0.302 e. The van der Waals surface area contributed by atoms with Crippen molar-refractivity contribution < 1.29 is 9.53 Å². The van der Waals surface area contributed by atoms with Gasteiger partial charge >= 0.3 is 5.97 Å². The number of unbranched alkanes of at least 4 members (excludes halogenated alkanes) is 2. The van der Waals surface area contributed by atoms with E-state index in [1.165, 1.54) is 6.92 Å². The van der Waals surface area contributed by atoms with Crippen LogP contribution in [0.25, 0.3) is 0 Å². The van der Waals surface area contributed by atoms with Gasteiger partial charge in [0, 0.05) is 6.92 Å². The average Bonchev–Trinajstić information content (AvgIpc) is 2.25. The van der Waals surface area contributed by atoms with Gasteiger partial charge in [0.05, 0.1) is 0 Å². The second kappa shape index (κ2) is 11.8. The molecule has 0 saturated heterocycles. The molecule has 0 aliphatic carbocycles. The van der Waals surface area contributed by atoms with Gasteiger partial charge in [-0.15, -0.1) is 0 Å². The molecule has 0 rings (SSSR count). The molecule has 0 fully saturated rings. The largest absolute Gasteiger partial charge is 0.462 e. The van der Waals surface area contributed by atoms with Crippen molar-refractivity contribution in [2.75, 3.05) is 6.61 Å². The van der Waals surface area contributed by atoms with Crippen LogP contribution in [0.4, 0.5) is 0 Å². The Balaban J connectivity index is 3.28. The minimum absolute atomic E-state index is 0.228. The minimum atomic E-state index is -0.228. The highest BCUT2D eigenvalue weighted by molar-refractivity contribution is 5.65. The van der Waals surface area contributed by atoms with E-state index in [0.717, 1.165) is 25.7 Å². The van der Waals surface area contributed by atoms with Crippen molar-refractivity contribution in [3.8, 4) is 0 Å². The van der Waals surface area contributed by atoms with Crippen molar-refractivity contribution >= 4 is 5.97 Å². The van der Waals surface area contributed by atoms with Crippen LogP contribution in [0.2, 0.25) is 0 Å². The number of ether oxygens (including phenoxy) is 1. The molecule has 0 bridgehead atoms. The molecule has 0 radical (unpaired) electrons. The van der Waals surface area contributed by atoms with Crippen molar-refractivity contribution in [1.29, 1.82) is 0 Å². The first-order chi connectivity index (χ1) is 7.77. The number of hydrogen-bond donors (Lipinski definition) is 0. The lowest BCUT2D eigenvalue weighted by molar-refractivity contribution is -0.139. The predicted molar refractivity (Wildman–Crippen MR) is 68.2 cm³/mol. The predicted octanol–water partition coefficient (Wildman–Crippen LogP) is 3.80. The quantitative estimate of drug-likeness (QED) is 0.355. The van der Waals surface area contributed by atoms with Crippen LogP contribution in [-0.4, -0.2) is 12.6 Å². The van der Waals surface area contributed by atoms with Crippen LogP contribution in [0.1, 0.15) is 39.5 Å². The van der Waals surface area contributed by atoms with Gasteiger partial charge in [-0.1, -0.05) is 36.5 Å². The third-order valence-electron chi connectivity index (χ3n) is 1.95. The summed E-state index contributed by atoms with van der Waals surface area (Å²) in [6.45, 7) is 3.85. The molecule has 0 N–H and O–H groups in total. The Morgan fingerprint density at radius 3 is 1.94 bits per heavy atom. The van der Waals surface area contributed by atoms with Crippen LogP contribution >= 0.6 is 0 Å². The van der Waals surface area contributed by atoms with E-state index in [1.54, 1.807) is 0 Å². The molecule has 0 aromatic rings. The second-order valence-corrected chi connectivity index (χ2v) is 3.47. The van der Waals surface area contributed by atoms with Gasteiger partial charge in [0.25, 0.3) is 0 Å². The summed E-state index contributed by atoms with van der Waals surface area (Å²) in [4.78, 5) is 10.4. The summed E-state index contributed by atoms with van der Waals surface area (Å²) in [5.41, 5.74) is 0. The molecular weight excluding hydrogens is 200 g/mol. The van der Waals surface area contributed by atoms with E-state index in [4.69, 9.17) is 4.74 Å². The SMILES string of the molecule is CC=CCCC=CCCC=CCOC(C)=O. The van der Waals surface area contributed by atoms with Gasteiger partial charge in [-0.05, 0) is 32.6 Å². The maximum absolute atomic E-state index is 10.4. The number of hydrogen-bond acceptors (Lipinski definition) is 2. The van der Waals surface area contributed by atoms with Gasteiger partial charge in [-0.3, -0.25) is 4.79 Å². The van der Waals surface area contributed by atoms with Crippen molar-refractivity contribution in [3.05, 3.63) is 36.5 Å². The van der Waals surface area contributed by atoms with Gasteiger partial charge in [-0.25, -0.2) is 0 Å². The van der Waals surface area contributed by atoms with Crippen LogP contribution < -0.4 is 0 Å². The van der Waals surface area contributed by atoms with Crippen molar-refractivity contribution in [1.82, 2.24) is 0 Å². The Kier molecular flexibility index (Phi) is 10.8. The molecule has 0 aromatic heterocycles. The first kappa shape index (κ1) is 14.7. The highest BCUT2D eigenvalue weighted by Crippen LogP contribution is 1.97. The lowest BCUT2D eigenvalue weighted by atomic mass is 10.2. The van der Waals surface area contributed by atoms with Crippen LogP contribution in [0, 0.1) is 0 Å². The third-order valence-corrected chi connectivity index (χ3v) is 1.95. The summed E-state index contributed by atoms with van der Waals surface area (Å²) < 4.78 is 4.76. The van der Waals surface area contributed by atoms with E-state index in [2.05, 4.69) is 24.3 Å². The molecule has 0 aromatic carbocycles. The van der Waals surface area contributed by atoms with Gasteiger partial charge in [-0.2, -0.15) is 0 Å². The summed E-state index contributed by atoms with van der Waals surface area (Å²) in [6, 6.07) is 0. The summed E-state index contributed by atoms with van der Waals surface area (Å²) in [7, 11) is 0. The standard InChI is InChI=1S/C14H22O2/c1-3-4-5-6-7-8-9-10-11-12-13-16-14(2)15/h3-4,7-8,11-12H,5-6,9-10,13H2,1-2H3. The summed E-state index contributed by atoms with van der Waals surface area (Å²) in [6.07, 6.45) is 16.9. The Morgan fingerprint density at radius 1 is 0.938 bits per heavy atom. The molecule has 0 spiro atoms. The van der Waals surface area contributed by atoms with Crippen LogP contribution in [0.15, 0.2) is 36.5 Å². The zero-order valence-corrected chi connectivity index (χ0v) is 10.3. The van der Waals surface area contributed by atoms with E-state index in [-0.39, 0.29) is 5.97 Å². The maximum atomic E-state index is 10.4. The molecule has 90 valence electrons. The van der Waals surface area contributed by atoms with Crippen molar-refractivity contribution in [2.24, 2.45) is 0 Å². The Hall–Kier alpha value is -1.31. The van der Waals surface area contributed by atoms with Gasteiger partial charge in [0.1, 0.15) is 6.61 Å². The monoisotopic (exact) mass is 222 g/mol. The van der Waals surface area contributed by atoms with E-state index in [0.29, 0.717) is 6.61 Å². The highest BCUT2D eigenvalue weighted by atomic mass is 16.5. The molecule has 0 unspecified atom stereocenters. The molecular formula is C14H22O2. The number of carbonyl (C=O) groups excluding carboxylic acids is 1. The molecule has 2 heteroatoms. The third kappa shape index (κ3) is 12.7. The normalized spacial score (nSPS) is 11.9. The van der Waals surface area contributed by atoms with Crippen molar-refractivity contribution in [3.63, 3.8) is 0 Å². The van der Waals surface area contributed by atoms with E-state index in [1.807, 2.05) is 19.1 Å².